The minimum Gasteiger partial charge on any atom is -0.481 e. The van der Waals surface area contributed by atoms with Crippen molar-refractivity contribution in [3.63, 3.8) is 0 Å². The number of hydrogen-bond acceptors (Lipinski definition) is 8. The second-order valence-corrected chi connectivity index (χ2v) is 8.23. The summed E-state index contributed by atoms with van der Waals surface area (Å²) in [5.41, 5.74) is 16.7. The van der Waals surface area contributed by atoms with E-state index in [1.54, 1.807) is 13.8 Å². The molecule has 0 saturated carbocycles. The number of Topliss-reactive ketones (excluding diaryl/α,β-unsaturated/α-hetero) is 1. The quantitative estimate of drug-likeness (QED) is 0.130. The summed E-state index contributed by atoms with van der Waals surface area (Å²) in [6, 6.07) is -2.24. The van der Waals surface area contributed by atoms with Gasteiger partial charge in [-0.05, 0) is 19.8 Å². The summed E-state index contributed by atoms with van der Waals surface area (Å²) in [5.74, 6) is -7.78. The van der Waals surface area contributed by atoms with Crippen molar-refractivity contribution in [2.75, 3.05) is 0 Å². The van der Waals surface area contributed by atoms with Gasteiger partial charge in [-0.15, -0.1) is 0 Å². The van der Waals surface area contributed by atoms with Crippen LogP contribution < -0.4 is 22.5 Å². The van der Waals surface area contributed by atoms with Crippen molar-refractivity contribution < 1.29 is 33.5 Å². The molecule has 6 atom stereocenters. The van der Waals surface area contributed by atoms with Gasteiger partial charge in [-0.1, -0.05) is 26.7 Å². The van der Waals surface area contributed by atoms with Gasteiger partial charge in [0.05, 0.1) is 12.1 Å². The summed E-state index contributed by atoms with van der Waals surface area (Å²) in [6.45, 7) is 4.75. The van der Waals surface area contributed by atoms with Crippen LogP contribution in [0.1, 0.15) is 46.5 Å². The van der Waals surface area contributed by atoms with E-state index in [-0.39, 0.29) is 12.8 Å². The van der Waals surface area contributed by atoms with E-state index in [1.165, 1.54) is 6.92 Å². The molecule has 0 bridgehead atoms. The smallest absolute Gasteiger partial charge is 0.353 e. The lowest BCUT2D eigenvalue weighted by atomic mass is 9.95. The molecule has 9 N–H and O–H groups in total. The number of aliphatic carboxylic acids is 1. The van der Waals surface area contributed by atoms with Gasteiger partial charge in [0, 0.05) is 0 Å². The van der Waals surface area contributed by atoms with E-state index in [1.807, 2.05) is 0 Å². The van der Waals surface area contributed by atoms with Gasteiger partial charge in [0.1, 0.15) is 12.1 Å². The second kappa shape index (κ2) is 11.5. The number of nitrogens with one attached hydrogen (secondary N) is 1. The Hall–Kier alpha value is -1.36. The highest BCUT2D eigenvalue weighted by Gasteiger charge is 2.49. The normalized spacial score (nSPS) is 19.2. The molecule has 0 aliphatic heterocycles. The fourth-order valence-corrected chi connectivity index (χ4v) is 4.00. The molecule has 0 radical (unpaired) electrons. The third-order valence-electron chi connectivity index (χ3n) is 3.75. The molecule has 0 saturated heterocycles. The predicted molar refractivity (Wildman–Crippen MR) is 98.4 cm³/mol. The molecule has 1 amide bonds. The van der Waals surface area contributed by atoms with Gasteiger partial charge >= 0.3 is 13.6 Å². The zero-order valence-corrected chi connectivity index (χ0v) is 16.7. The standard InChI is InChI=1S/C15H31N4O7P/c1-4-6-9(17)12(20)11(15(22)23)14(27(24,25)26-8(3)16)19-13(21)10(18)7-5-2/h8-11,14H,4-7,16-18H2,1-3H3,(H,19,21)(H,22,23)(H,24,25)/t8?,9-,10-,11?,14?/m0/s1. The number of ketones is 1. The Kier molecular flexibility index (Phi) is 10.9. The average Bonchev–Trinajstić information content (AvgIpc) is 2.52. The highest BCUT2D eigenvalue weighted by atomic mass is 31.2. The Morgan fingerprint density at radius 1 is 1.07 bits per heavy atom. The van der Waals surface area contributed by atoms with Gasteiger partial charge in [-0.25, -0.2) is 0 Å². The Morgan fingerprint density at radius 2 is 1.56 bits per heavy atom. The SMILES string of the molecule is CCC[C@H](N)C(=O)NC(C(C(=O)O)C(=O)[C@@H](N)CCC)P(=O)(O)OC(C)N. The third kappa shape index (κ3) is 8.04. The zero-order valence-electron chi connectivity index (χ0n) is 15.8. The fraction of sp³-hybridized carbons (Fsp3) is 0.800. The van der Waals surface area contributed by atoms with Gasteiger partial charge in [0.25, 0.3) is 0 Å². The van der Waals surface area contributed by atoms with Crippen LogP contribution in [0.2, 0.25) is 0 Å². The lowest BCUT2D eigenvalue weighted by Gasteiger charge is -2.30. The van der Waals surface area contributed by atoms with E-state index < -0.39 is 55.3 Å². The maximum atomic E-state index is 12.6. The van der Waals surface area contributed by atoms with Crippen molar-refractivity contribution in [1.29, 1.82) is 0 Å². The number of carboxylic acids is 1. The van der Waals surface area contributed by atoms with Crippen LogP contribution in [0.3, 0.4) is 0 Å². The molecule has 0 aromatic rings. The molecule has 0 fully saturated rings. The lowest BCUT2D eigenvalue weighted by Crippen LogP contribution is -2.54. The Morgan fingerprint density at radius 3 is 1.96 bits per heavy atom. The third-order valence-corrected chi connectivity index (χ3v) is 5.51. The van der Waals surface area contributed by atoms with Crippen LogP contribution in [0.5, 0.6) is 0 Å². The maximum absolute atomic E-state index is 12.6. The van der Waals surface area contributed by atoms with Gasteiger partial charge in [0.2, 0.25) is 5.91 Å². The summed E-state index contributed by atoms with van der Waals surface area (Å²) in [4.78, 5) is 46.7. The van der Waals surface area contributed by atoms with Crippen molar-refractivity contribution in [2.45, 2.75) is 70.5 Å². The van der Waals surface area contributed by atoms with Crippen LogP contribution in [0, 0.1) is 5.92 Å². The fourth-order valence-electron chi connectivity index (χ4n) is 2.45. The van der Waals surface area contributed by atoms with Crippen LogP contribution in [-0.2, 0) is 23.5 Å². The van der Waals surface area contributed by atoms with E-state index in [0.29, 0.717) is 12.8 Å². The molecular formula is C15H31N4O7P. The molecule has 0 aromatic heterocycles. The molecule has 0 rings (SSSR count). The Labute approximate surface area is 158 Å². The molecule has 0 spiro atoms. The van der Waals surface area contributed by atoms with E-state index in [0.717, 1.165) is 0 Å². The number of amides is 1. The summed E-state index contributed by atoms with van der Waals surface area (Å²) < 4.78 is 17.4. The van der Waals surface area contributed by atoms with E-state index >= 15 is 0 Å². The summed E-state index contributed by atoms with van der Waals surface area (Å²) in [7, 11) is -4.86. The summed E-state index contributed by atoms with van der Waals surface area (Å²) in [5, 5.41) is 11.6. The first-order valence-corrected chi connectivity index (χ1v) is 10.4. The van der Waals surface area contributed by atoms with Crippen molar-refractivity contribution in [3.8, 4) is 0 Å². The topological polar surface area (TPSA) is 208 Å². The minimum atomic E-state index is -4.86. The molecule has 0 aliphatic rings. The van der Waals surface area contributed by atoms with Crippen LogP contribution in [-0.4, -0.2) is 51.8 Å². The lowest BCUT2D eigenvalue weighted by molar-refractivity contribution is -0.147. The second-order valence-electron chi connectivity index (χ2n) is 6.34. The van der Waals surface area contributed by atoms with E-state index in [9.17, 15) is 28.9 Å². The van der Waals surface area contributed by atoms with Crippen molar-refractivity contribution in [2.24, 2.45) is 23.1 Å². The number of hydrogen-bond donors (Lipinski definition) is 6. The van der Waals surface area contributed by atoms with Crippen LogP contribution >= 0.6 is 7.60 Å². The summed E-state index contributed by atoms with van der Waals surface area (Å²) >= 11 is 0. The number of rotatable bonds is 13. The highest BCUT2D eigenvalue weighted by Crippen LogP contribution is 2.50. The van der Waals surface area contributed by atoms with Crippen molar-refractivity contribution in [1.82, 2.24) is 5.32 Å². The molecule has 27 heavy (non-hydrogen) atoms. The molecule has 12 heteroatoms. The zero-order chi connectivity index (χ0) is 21.4. The molecule has 11 nitrogen and oxygen atoms in total. The minimum absolute atomic E-state index is 0.169. The van der Waals surface area contributed by atoms with Crippen molar-refractivity contribution >= 4 is 25.3 Å². The average molecular weight is 410 g/mol. The van der Waals surface area contributed by atoms with E-state index in [4.69, 9.17) is 21.7 Å². The molecule has 4 unspecified atom stereocenters. The summed E-state index contributed by atoms with van der Waals surface area (Å²) in [6.07, 6.45) is 0.213. The van der Waals surface area contributed by atoms with Crippen LogP contribution in [0.15, 0.2) is 0 Å². The van der Waals surface area contributed by atoms with Gasteiger partial charge < -0.3 is 32.5 Å². The van der Waals surface area contributed by atoms with Crippen molar-refractivity contribution in [3.05, 3.63) is 0 Å². The first kappa shape index (κ1) is 25.6. The number of carbonyl (C=O) groups excluding carboxylic acids is 2. The molecular weight excluding hydrogens is 379 g/mol. The van der Waals surface area contributed by atoms with Gasteiger partial charge in [0.15, 0.2) is 11.6 Å². The first-order chi connectivity index (χ1) is 12.4. The Bertz CT molecular complexity index is 572. The number of carbonyl (C=O) groups is 3. The molecule has 0 aromatic carbocycles. The Balaban J connectivity index is 5.95. The van der Waals surface area contributed by atoms with E-state index in [2.05, 4.69) is 5.32 Å². The van der Waals surface area contributed by atoms with Crippen LogP contribution in [0.25, 0.3) is 0 Å². The monoisotopic (exact) mass is 410 g/mol. The maximum Gasteiger partial charge on any atom is 0.353 e. The van der Waals surface area contributed by atoms with Gasteiger partial charge in [-0.2, -0.15) is 0 Å². The predicted octanol–water partition coefficient (Wildman–Crippen LogP) is -0.540. The van der Waals surface area contributed by atoms with Gasteiger partial charge in [-0.3, -0.25) is 23.5 Å². The molecule has 0 aliphatic carbocycles. The first-order valence-electron chi connectivity index (χ1n) is 8.73. The molecule has 158 valence electrons. The number of carboxylic acid groups (broad SMARTS) is 1. The van der Waals surface area contributed by atoms with Crippen LogP contribution in [0.4, 0.5) is 0 Å². The largest absolute Gasteiger partial charge is 0.481 e. The molecule has 0 heterocycles. The highest BCUT2D eigenvalue weighted by molar-refractivity contribution is 7.53. The number of nitrogens with two attached hydrogens (primary N) is 3.